The lowest BCUT2D eigenvalue weighted by Crippen LogP contribution is -2.42. The second-order valence-electron chi connectivity index (χ2n) is 7.22. The molecule has 1 aliphatic rings. The summed E-state index contributed by atoms with van der Waals surface area (Å²) in [7, 11) is 4.70. The number of aromatic amines is 1. The van der Waals surface area contributed by atoms with E-state index in [1.807, 2.05) is 18.2 Å². The Morgan fingerprint density at radius 1 is 1.06 bits per heavy atom. The molecule has 3 heterocycles. The normalized spacial score (nSPS) is 14.2. The van der Waals surface area contributed by atoms with Crippen LogP contribution < -0.4 is 18.9 Å². The Morgan fingerprint density at radius 2 is 1.88 bits per heavy atom. The van der Waals surface area contributed by atoms with Gasteiger partial charge < -0.3 is 23.8 Å². The molecule has 32 heavy (non-hydrogen) atoms. The van der Waals surface area contributed by atoms with Crippen molar-refractivity contribution in [2.45, 2.75) is 18.9 Å². The molecule has 0 aliphatic carbocycles. The van der Waals surface area contributed by atoms with Crippen molar-refractivity contribution in [3.63, 3.8) is 0 Å². The van der Waals surface area contributed by atoms with Crippen LogP contribution in [0.15, 0.2) is 36.5 Å². The zero-order chi connectivity index (χ0) is 22.5. The van der Waals surface area contributed by atoms with E-state index in [-0.39, 0.29) is 18.0 Å². The van der Waals surface area contributed by atoms with Crippen LogP contribution in [0, 0.1) is 0 Å². The molecule has 1 aliphatic heterocycles. The number of hydrogen-bond acceptors (Lipinski definition) is 8. The van der Waals surface area contributed by atoms with Gasteiger partial charge in [0.25, 0.3) is 5.91 Å². The summed E-state index contributed by atoms with van der Waals surface area (Å²) < 4.78 is 21.7. The van der Waals surface area contributed by atoms with Gasteiger partial charge in [0.1, 0.15) is 23.3 Å². The average Bonchev–Trinajstić information content (AvgIpc) is 3.34. The highest BCUT2D eigenvalue weighted by Gasteiger charge is 2.26. The first-order valence-electron chi connectivity index (χ1n) is 10.2. The average molecular weight is 439 g/mol. The van der Waals surface area contributed by atoms with Crippen molar-refractivity contribution in [3.05, 3.63) is 42.2 Å². The predicted molar refractivity (Wildman–Crippen MR) is 115 cm³/mol. The van der Waals surface area contributed by atoms with Crippen LogP contribution in [0.1, 0.15) is 23.3 Å². The number of rotatable bonds is 7. The van der Waals surface area contributed by atoms with E-state index in [2.05, 4.69) is 20.2 Å². The molecule has 3 aromatic rings. The lowest BCUT2D eigenvalue weighted by Gasteiger charge is -2.31. The number of nitrogens with one attached hydrogen (secondary N) is 1. The maximum absolute atomic E-state index is 13.0. The molecule has 0 saturated carbocycles. The SMILES string of the molecule is COc1ccc(OC)c(-c2cc(C(=O)N3CCC(Oc4ccnc(OC)n4)CC3)[nH]n2)c1. The molecule has 4 rings (SSSR count). The molecule has 1 amide bonds. The molecule has 168 valence electrons. The zero-order valence-corrected chi connectivity index (χ0v) is 18.2. The molecule has 1 fully saturated rings. The van der Waals surface area contributed by atoms with Gasteiger partial charge in [0.2, 0.25) is 5.88 Å². The van der Waals surface area contributed by atoms with Crippen molar-refractivity contribution in [3.8, 4) is 34.6 Å². The Morgan fingerprint density at radius 3 is 2.59 bits per heavy atom. The summed E-state index contributed by atoms with van der Waals surface area (Å²) in [6.07, 6.45) is 2.95. The molecule has 10 nitrogen and oxygen atoms in total. The number of ether oxygens (including phenoxy) is 4. The second-order valence-corrected chi connectivity index (χ2v) is 7.22. The fourth-order valence-electron chi connectivity index (χ4n) is 3.59. The van der Waals surface area contributed by atoms with E-state index in [1.165, 1.54) is 7.11 Å². The van der Waals surface area contributed by atoms with Gasteiger partial charge in [-0.15, -0.1) is 0 Å². The largest absolute Gasteiger partial charge is 0.497 e. The number of H-pyrrole nitrogens is 1. The molecule has 0 unspecified atom stereocenters. The summed E-state index contributed by atoms with van der Waals surface area (Å²) in [5.41, 5.74) is 1.78. The molecule has 0 atom stereocenters. The Kier molecular flexibility index (Phi) is 6.39. The standard InChI is InChI=1S/C22H25N5O5/c1-29-15-4-5-19(30-2)16(12-15)17-13-18(26-25-17)21(28)27-10-7-14(8-11-27)32-20-6-9-23-22(24-20)31-3/h4-6,9,12-14H,7-8,10-11H2,1-3H3,(H,25,26). The number of piperidine rings is 1. The van der Waals surface area contributed by atoms with Crippen molar-refractivity contribution in [2.75, 3.05) is 34.4 Å². The number of methoxy groups -OCH3 is 3. The molecular weight excluding hydrogens is 414 g/mol. The first-order chi connectivity index (χ1) is 15.6. The van der Waals surface area contributed by atoms with Gasteiger partial charge in [-0.1, -0.05) is 0 Å². The third kappa shape index (κ3) is 4.58. The maximum atomic E-state index is 13.0. The molecule has 2 aromatic heterocycles. The van der Waals surface area contributed by atoms with Crippen LogP contribution in [0.4, 0.5) is 0 Å². The summed E-state index contributed by atoms with van der Waals surface area (Å²) in [4.78, 5) is 22.9. The summed E-state index contributed by atoms with van der Waals surface area (Å²) >= 11 is 0. The molecule has 0 spiro atoms. The maximum Gasteiger partial charge on any atom is 0.319 e. The Bertz CT molecular complexity index is 1080. The summed E-state index contributed by atoms with van der Waals surface area (Å²) in [5, 5.41) is 7.17. The molecule has 0 bridgehead atoms. The van der Waals surface area contributed by atoms with Crippen molar-refractivity contribution in [2.24, 2.45) is 0 Å². The lowest BCUT2D eigenvalue weighted by molar-refractivity contribution is 0.0581. The van der Waals surface area contributed by atoms with Gasteiger partial charge in [-0.25, -0.2) is 4.98 Å². The van der Waals surface area contributed by atoms with Gasteiger partial charge in [-0.3, -0.25) is 9.89 Å². The minimum atomic E-state index is -0.104. The number of carbonyl (C=O) groups excluding carboxylic acids is 1. The van der Waals surface area contributed by atoms with Gasteiger partial charge in [0, 0.05) is 43.8 Å². The topological polar surface area (TPSA) is 112 Å². The minimum absolute atomic E-state index is 0.0305. The fourth-order valence-corrected chi connectivity index (χ4v) is 3.59. The summed E-state index contributed by atoms with van der Waals surface area (Å²) in [6.45, 7) is 1.14. The summed E-state index contributed by atoms with van der Waals surface area (Å²) in [5.74, 6) is 1.69. The first kappa shape index (κ1) is 21.4. The van der Waals surface area contributed by atoms with Crippen molar-refractivity contribution < 1.29 is 23.7 Å². The fraction of sp³-hybridized carbons (Fsp3) is 0.364. The predicted octanol–water partition coefficient (Wildman–Crippen LogP) is 2.58. The van der Waals surface area contributed by atoms with Gasteiger partial charge in [-0.05, 0) is 24.3 Å². The number of aromatic nitrogens is 4. The van der Waals surface area contributed by atoms with E-state index in [4.69, 9.17) is 18.9 Å². The van der Waals surface area contributed by atoms with Crippen LogP contribution in [0.5, 0.6) is 23.4 Å². The number of hydrogen-bond donors (Lipinski definition) is 1. The highest BCUT2D eigenvalue weighted by molar-refractivity contribution is 5.93. The smallest absolute Gasteiger partial charge is 0.319 e. The van der Waals surface area contributed by atoms with Gasteiger partial charge in [-0.2, -0.15) is 10.1 Å². The molecule has 1 aromatic carbocycles. The number of carbonyl (C=O) groups is 1. The van der Waals surface area contributed by atoms with Gasteiger partial charge >= 0.3 is 6.01 Å². The van der Waals surface area contributed by atoms with Crippen molar-refractivity contribution in [1.29, 1.82) is 0 Å². The number of benzene rings is 1. The molecule has 0 radical (unpaired) electrons. The van der Waals surface area contributed by atoms with E-state index in [0.29, 0.717) is 54.7 Å². The Labute approximate surface area is 185 Å². The highest BCUT2D eigenvalue weighted by atomic mass is 16.5. The van der Waals surface area contributed by atoms with Crippen LogP contribution in [-0.2, 0) is 0 Å². The Balaban J connectivity index is 1.40. The van der Waals surface area contributed by atoms with Crippen molar-refractivity contribution in [1.82, 2.24) is 25.1 Å². The second kappa shape index (κ2) is 9.54. The zero-order valence-electron chi connectivity index (χ0n) is 18.2. The van der Waals surface area contributed by atoms with Gasteiger partial charge in [0.15, 0.2) is 0 Å². The van der Waals surface area contributed by atoms with Crippen LogP contribution in [0.2, 0.25) is 0 Å². The number of nitrogens with zero attached hydrogens (tertiary/aromatic N) is 4. The van der Waals surface area contributed by atoms with Crippen molar-refractivity contribution >= 4 is 5.91 Å². The highest BCUT2D eigenvalue weighted by Crippen LogP contribution is 2.32. The number of amides is 1. The molecule has 1 N–H and O–H groups in total. The van der Waals surface area contributed by atoms with E-state index in [0.717, 1.165) is 5.56 Å². The summed E-state index contributed by atoms with van der Waals surface area (Å²) in [6, 6.07) is 9.13. The Hall–Kier alpha value is -3.82. The van der Waals surface area contributed by atoms with Crippen LogP contribution in [0.25, 0.3) is 11.3 Å². The monoisotopic (exact) mass is 439 g/mol. The first-order valence-corrected chi connectivity index (χ1v) is 10.2. The quantitative estimate of drug-likeness (QED) is 0.598. The van der Waals surface area contributed by atoms with E-state index in [9.17, 15) is 4.79 Å². The lowest BCUT2D eigenvalue weighted by atomic mass is 10.1. The van der Waals surface area contributed by atoms with E-state index >= 15 is 0 Å². The van der Waals surface area contributed by atoms with E-state index < -0.39 is 0 Å². The molecule has 10 heteroatoms. The van der Waals surface area contributed by atoms with Crippen LogP contribution >= 0.6 is 0 Å². The number of likely N-dealkylation sites (tertiary alicyclic amines) is 1. The third-order valence-corrected chi connectivity index (χ3v) is 5.30. The van der Waals surface area contributed by atoms with E-state index in [1.54, 1.807) is 37.4 Å². The molecule has 1 saturated heterocycles. The molecular formula is C22H25N5O5. The van der Waals surface area contributed by atoms with Crippen LogP contribution in [0.3, 0.4) is 0 Å². The minimum Gasteiger partial charge on any atom is -0.497 e. The third-order valence-electron chi connectivity index (χ3n) is 5.30. The van der Waals surface area contributed by atoms with Gasteiger partial charge in [0.05, 0.1) is 27.0 Å². The van der Waals surface area contributed by atoms with Crippen LogP contribution in [-0.4, -0.2) is 71.5 Å².